The Morgan fingerprint density at radius 1 is 1.00 bits per heavy atom. The van der Waals surface area contributed by atoms with Crippen LogP contribution in [0.1, 0.15) is 31.4 Å². The van der Waals surface area contributed by atoms with E-state index in [1.807, 2.05) is 24.3 Å². The Labute approximate surface area is 126 Å². The molecule has 3 nitrogen and oxygen atoms in total. The smallest absolute Gasteiger partial charge is 0.145 e. The second-order valence-corrected chi connectivity index (χ2v) is 4.96. The van der Waals surface area contributed by atoms with Crippen LogP contribution >= 0.6 is 0 Å². The van der Waals surface area contributed by atoms with Crippen LogP contribution in [0.15, 0.2) is 48.5 Å². The molecule has 0 aliphatic heterocycles. The van der Waals surface area contributed by atoms with Gasteiger partial charge in [0.2, 0.25) is 0 Å². The maximum atomic E-state index is 5.46. The van der Waals surface area contributed by atoms with Gasteiger partial charge in [-0.15, -0.1) is 0 Å². The number of hydrogen-bond acceptors (Lipinski definition) is 3. The molecule has 1 atom stereocenters. The van der Waals surface area contributed by atoms with E-state index in [4.69, 9.17) is 9.47 Å². The monoisotopic (exact) mass is 285 g/mol. The van der Waals surface area contributed by atoms with Gasteiger partial charge in [-0.3, -0.25) is 0 Å². The second kappa shape index (κ2) is 7.58. The van der Waals surface area contributed by atoms with Crippen molar-refractivity contribution < 1.29 is 9.47 Å². The molecule has 0 saturated carbocycles. The number of ether oxygens (including phenoxy) is 2. The Bertz CT molecular complexity index is 554. The third-order valence-corrected chi connectivity index (χ3v) is 3.52. The third-order valence-electron chi connectivity index (χ3n) is 3.52. The van der Waals surface area contributed by atoms with E-state index in [0.29, 0.717) is 0 Å². The highest BCUT2D eigenvalue weighted by Crippen LogP contribution is 2.33. The molecule has 0 radical (unpaired) electrons. The van der Waals surface area contributed by atoms with Crippen molar-refractivity contribution in [3.8, 4) is 11.5 Å². The molecule has 2 aromatic rings. The first-order chi connectivity index (χ1) is 10.3. The molecule has 0 fully saturated rings. The van der Waals surface area contributed by atoms with E-state index in [0.717, 1.165) is 30.0 Å². The summed E-state index contributed by atoms with van der Waals surface area (Å²) < 4.78 is 10.7. The van der Waals surface area contributed by atoms with E-state index in [1.54, 1.807) is 14.2 Å². The van der Waals surface area contributed by atoms with Crippen LogP contribution in [0.3, 0.4) is 0 Å². The van der Waals surface area contributed by atoms with E-state index >= 15 is 0 Å². The number of rotatable bonds is 7. The van der Waals surface area contributed by atoms with Gasteiger partial charge in [-0.2, -0.15) is 0 Å². The lowest BCUT2D eigenvalue weighted by Crippen LogP contribution is -2.11. The van der Waals surface area contributed by atoms with Crippen molar-refractivity contribution in [1.82, 2.24) is 0 Å². The summed E-state index contributed by atoms with van der Waals surface area (Å²) in [6.45, 7) is 2.20. The quantitative estimate of drug-likeness (QED) is 0.802. The van der Waals surface area contributed by atoms with Crippen LogP contribution in [0.4, 0.5) is 5.69 Å². The summed E-state index contributed by atoms with van der Waals surface area (Å²) in [6.07, 6.45) is 2.18. The van der Waals surface area contributed by atoms with Crippen LogP contribution in [0.5, 0.6) is 11.5 Å². The molecule has 1 N–H and O–H groups in total. The first-order valence-corrected chi connectivity index (χ1v) is 7.32. The summed E-state index contributed by atoms with van der Waals surface area (Å²) >= 11 is 0. The van der Waals surface area contributed by atoms with Crippen molar-refractivity contribution in [1.29, 1.82) is 0 Å². The number of hydrogen-bond donors (Lipinski definition) is 1. The van der Waals surface area contributed by atoms with Crippen LogP contribution in [0.25, 0.3) is 0 Å². The molecule has 0 aromatic heterocycles. The fourth-order valence-corrected chi connectivity index (χ4v) is 2.40. The molecule has 0 spiro atoms. The van der Waals surface area contributed by atoms with Crippen molar-refractivity contribution in [2.75, 3.05) is 19.5 Å². The minimum atomic E-state index is 0.276. The Balaban J connectivity index is 2.24. The number of anilines is 1. The first-order valence-electron chi connectivity index (χ1n) is 7.32. The molecule has 3 heteroatoms. The number of methoxy groups -OCH3 is 2. The van der Waals surface area contributed by atoms with Gasteiger partial charge in [0.25, 0.3) is 0 Å². The fraction of sp³-hybridized carbons (Fsp3) is 0.333. The van der Waals surface area contributed by atoms with Crippen LogP contribution in [0.2, 0.25) is 0 Å². The zero-order valence-corrected chi connectivity index (χ0v) is 12.9. The molecule has 0 aliphatic rings. The molecule has 21 heavy (non-hydrogen) atoms. The fourth-order valence-electron chi connectivity index (χ4n) is 2.40. The van der Waals surface area contributed by atoms with Crippen LogP contribution in [-0.2, 0) is 0 Å². The molecule has 1 unspecified atom stereocenters. The summed E-state index contributed by atoms with van der Waals surface area (Å²) in [5.41, 5.74) is 2.28. The van der Waals surface area contributed by atoms with Crippen molar-refractivity contribution in [3.05, 3.63) is 54.1 Å². The van der Waals surface area contributed by atoms with E-state index in [-0.39, 0.29) is 6.04 Å². The highest BCUT2D eigenvalue weighted by atomic mass is 16.5. The van der Waals surface area contributed by atoms with Gasteiger partial charge in [0, 0.05) is 6.07 Å². The van der Waals surface area contributed by atoms with Gasteiger partial charge in [-0.05, 0) is 24.1 Å². The molecule has 0 aliphatic carbocycles. The number of nitrogens with one attached hydrogen (secondary N) is 1. The van der Waals surface area contributed by atoms with Crippen LogP contribution in [-0.4, -0.2) is 14.2 Å². The van der Waals surface area contributed by atoms with Gasteiger partial charge in [-0.1, -0.05) is 43.7 Å². The molecule has 0 amide bonds. The predicted molar refractivity (Wildman–Crippen MR) is 87.3 cm³/mol. The van der Waals surface area contributed by atoms with Crippen molar-refractivity contribution >= 4 is 5.69 Å². The molecule has 0 saturated heterocycles. The topological polar surface area (TPSA) is 30.5 Å². The van der Waals surface area contributed by atoms with Gasteiger partial charge in [0.05, 0.1) is 25.9 Å². The summed E-state index contributed by atoms with van der Waals surface area (Å²) in [7, 11) is 3.34. The number of benzene rings is 2. The van der Waals surface area contributed by atoms with E-state index < -0.39 is 0 Å². The maximum absolute atomic E-state index is 5.46. The Hall–Kier alpha value is -2.16. The van der Waals surface area contributed by atoms with Gasteiger partial charge >= 0.3 is 0 Å². The molecular formula is C18H23NO2. The van der Waals surface area contributed by atoms with Crippen molar-refractivity contribution in [2.24, 2.45) is 0 Å². The first kappa shape index (κ1) is 15.2. The van der Waals surface area contributed by atoms with Gasteiger partial charge in [0.15, 0.2) is 0 Å². The minimum Gasteiger partial charge on any atom is -0.497 e. The minimum absolute atomic E-state index is 0.276. The predicted octanol–water partition coefficient (Wildman–Crippen LogP) is 4.66. The lowest BCUT2D eigenvalue weighted by molar-refractivity contribution is 0.395. The van der Waals surface area contributed by atoms with Crippen LogP contribution in [0, 0.1) is 0 Å². The lowest BCUT2D eigenvalue weighted by atomic mass is 10.0. The molecule has 0 heterocycles. The molecule has 2 aromatic carbocycles. The van der Waals surface area contributed by atoms with Gasteiger partial charge in [0.1, 0.15) is 11.5 Å². The summed E-state index contributed by atoms with van der Waals surface area (Å²) in [6, 6.07) is 16.6. The van der Waals surface area contributed by atoms with E-state index in [2.05, 4.69) is 36.5 Å². The standard InChI is InChI=1S/C18H23NO2/c1-4-8-16(14-9-6-5-7-10-14)19-17-12-11-15(20-2)13-18(17)21-3/h5-7,9-13,16,19H,4,8H2,1-3H3. The van der Waals surface area contributed by atoms with Crippen molar-refractivity contribution in [3.63, 3.8) is 0 Å². The van der Waals surface area contributed by atoms with Gasteiger partial charge < -0.3 is 14.8 Å². The Morgan fingerprint density at radius 2 is 1.76 bits per heavy atom. The van der Waals surface area contributed by atoms with E-state index in [9.17, 15) is 0 Å². The molecule has 0 bridgehead atoms. The van der Waals surface area contributed by atoms with E-state index in [1.165, 1.54) is 5.56 Å². The molecule has 2 rings (SSSR count). The maximum Gasteiger partial charge on any atom is 0.145 e. The normalized spacial score (nSPS) is 11.8. The van der Waals surface area contributed by atoms with Crippen LogP contribution < -0.4 is 14.8 Å². The highest BCUT2D eigenvalue weighted by molar-refractivity contribution is 5.60. The highest BCUT2D eigenvalue weighted by Gasteiger charge is 2.13. The average Bonchev–Trinajstić information content (AvgIpc) is 2.55. The Kier molecular flexibility index (Phi) is 5.50. The lowest BCUT2D eigenvalue weighted by Gasteiger charge is -2.21. The van der Waals surface area contributed by atoms with Gasteiger partial charge in [-0.25, -0.2) is 0 Å². The molecule has 112 valence electrons. The summed E-state index contributed by atoms with van der Waals surface area (Å²) in [5.74, 6) is 1.59. The molecular weight excluding hydrogens is 262 g/mol. The second-order valence-electron chi connectivity index (χ2n) is 4.96. The zero-order chi connectivity index (χ0) is 15.1. The largest absolute Gasteiger partial charge is 0.497 e. The Morgan fingerprint density at radius 3 is 2.38 bits per heavy atom. The summed E-state index contributed by atoms with van der Waals surface area (Å²) in [4.78, 5) is 0. The SMILES string of the molecule is CCCC(Nc1ccc(OC)cc1OC)c1ccccc1. The third kappa shape index (κ3) is 3.91. The zero-order valence-electron chi connectivity index (χ0n) is 12.9. The average molecular weight is 285 g/mol. The van der Waals surface area contributed by atoms with Crippen molar-refractivity contribution in [2.45, 2.75) is 25.8 Å². The summed E-state index contributed by atoms with van der Waals surface area (Å²) in [5, 5.41) is 3.59.